The second-order valence-corrected chi connectivity index (χ2v) is 7.71. The molecule has 2 aromatic rings. The van der Waals surface area contributed by atoms with E-state index in [4.69, 9.17) is 11.6 Å². The highest BCUT2D eigenvalue weighted by molar-refractivity contribution is 6.33. The number of nitrogens with zero attached hydrogens (tertiary/aromatic N) is 4. The van der Waals surface area contributed by atoms with E-state index in [1.54, 1.807) is 23.4 Å². The zero-order chi connectivity index (χ0) is 21.2. The number of pyridine rings is 2. The smallest absolute Gasteiger partial charge is 0.355 e. The fraction of sp³-hybridized carbons (Fsp3) is 0.450. The molecule has 1 amide bonds. The predicted octanol–water partition coefficient (Wildman–Crippen LogP) is 4.81. The maximum absolute atomic E-state index is 13.1. The third-order valence-corrected chi connectivity index (χ3v) is 5.25. The van der Waals surface area contributed by atoms with Gasteiger partial charge in [-0.3, -0.25) is 9.78 Å². The Labute approximate surface area is 172 Å². The minimum absolute atomic E-state index is 0.0178. The van der Waals surface area contributed by atoms with E-state index < -0.39 is 11.7 Å². The fourth-order valence-electron chi connectivity index (χ4n) is 3.53. The molecular weight excluding hydrogens is 405 g/mol. The van der Waals surface area contributed by atoms with Crippen LogP contribution in [0.2, 0.25) is 5.02 Å². The first kappa shape index (κ1) is 21.4. The molecule has 0 radical (unpaired) electrons. The summed E-state index contributed by atoms with van der Waals surface area (Å²) in [6, 6.07) is 4.52. The van der Waals surface area contributed by atoms with Crippen LogP contribution in [0.1, 0.15) is 32.3 Å². The van der Waals surface area contributed by atoms with E-state index in [-0.39, 0.29) is 22.9 Å². The topological polar surface area (TPSA) is 49.3 Å². The molecule has 0 atom stereocenters. The monoisotopic (exact) mass is 426 g/mol. The SMILES string of the molecule is CC(C)N(C(=O)C1CCN(c2ncc(C(F)(F)F)cc2Cl)CC1)c1cccnc1. The van der Waals surface area contributed by atoms with Crippen molar-refractivity contribution in [3.8, 4) is 0 Å². The summed E-state index contributed by atoms with van der Waals surface area (Å²) < 4.78 is 38.4. The summed E-state index contributed by atoms with van der Waals surface area (Å²) in [7, 11) is 0. The van der Waals surface area contributed by atoms with Gasteiger partial charge in [-0.2, -0.15) is 13.2 Å². The third-order valence-electron chi connectivity index (χ3n) is 4.97. The van der Waals surface area contributed by atoms with E-state index in [0.717, 1.165) is 18.0 Å². The van der Waals surface area contributed by atoms with Gasteiger partial charge in [0.05, 0.1) is 22.5 Å². The molecule has 1 aliphatic rings. The Morgan fingerprint density at radius 2 is 1.97 bits per heavy atom. The van der Waals surface area contributed by atoms with E-state index in [1.807, 2.05) is 24.8 Å². The molecule has 0 aliphatic carbocycles. The highest BCUT2D eigenvalue weighted by Crippen LogP contribution is 2.35. The van der Waals surface area contributed by atoms with Gasteiger partial charge < -0.3 is 9.80 Å². The first-order chi connectivity index (χ1) is 13.7. The van der Waals surface area contributed by atoms with Gasteiger partial charge in [0, 0.05) is 37.4 Å². The normalized spacial score (nSPS) is 15.6. The van der Waals surface area contributed by atoms with Gasteiger partial charge >= 0.3 is 6.18 Å². The van der Waals surface area contributed by atoms with Gasteiger partial charge in [-0.25, -0.2) is 4.98 Å². The Balaban J connectivity index is 1.69. The minimum atomic E-state index is -4.48. The van der Waals surface area contributed by atoms with Crippen LogP contribution < -0.4 is 9.80 Å². The lowest BCUT2D eigenvalue weighted by atomic mass is 9.94. The van der Waals surface area contributed by atoms with Crippen molar-refractivity contribution in [3.63, 3.8) is 0 Å². The molecule has 3 rings (SSSR count). The molecule has 3 heterocycles. The lowest BCUT2D eigenvalue weighted by molar-refractivity contribution is -0.137. The van der Waals surface area contributed by atoms with Gasteiger partial charge in [0.1, 0.15) is 5.82 Å². The number of anilines is 2. The maximum atomic E-state index is 13.1. The molecule has 0 unspecified atom stereocenters. The Bertz CT molecular complexity index is 853. The molecule has 0 bridgehead atoms. The molecule has 1 fully saturated rings. The van der Waals surface area contributed by atoms with Gasteiger partial charge in [0.2, 0.25) is 5.91 Å². The maximum Gasteiger partial charge on any atom is 0.417 e. The lowest BCUT2D eigenvalue weighted by Gasteiger charge is -2.36. The molecule has 9 heteroatoms. The van der Waals surface area contributed by atoms with E-state index in [2.05, 4.69) is 9.97 Å². The average Bonchev–Trinajstić information content (AvgIpc) is 2.68. The number of rotatable bonds is 4. The Morgan fingerprint density at radius 1 is 1.28 bits per heavy atom. The number of carbonyl (C=O) groups is 1. The van der Waals surface area contributed by atoms with Crippen LogP contribution in [0.5, 0.6) is 0 Å². The number of alkyl halides is 3. The standard InChI is InChI=1S/C20H22ClF3N4O/c1-13(2)28(16-4-3-7-25-12-16)19(29)14-5-8-27(9-6-14)18-17(21)10-15(11-26-18)20(22,23)24/h3-4,7,10-14H,5-6,8-9H2,1-2H3. The highest BCUT2D eigenvalue weighted by Gasteiger charge is 2.34. The van der Waals surface area contributed by atoms with Crippen LogP contribution in [0.3, 0.4) is 0 Å². The molecule has 0 N–H and O–H groups in total. The Hall–Kier alpha value is -2.35. The van der Waals surface area contributed by atoms with Crippen molar-refractivity contribution in [3.05, 3.63) is 47.4 Å². The molecule has 5 nitrogen and oxygen atoms in total. The molecular formula is C20H22ClF3N4O. The summed E-state index contributed by atoms with van der Waals surface area (Å²) in [5, 5.41) is -0.0382. The zero-order valence-corrected chi connectivity index (χ0v) is 16.9. The van der Waals surface area contributed by atoms with Crippen LogP contribution >= 0.6 is 11.6 Å². The lowest BCUT2D eigenvalue weighted by Crippen LogP contribution is -2.45. The van der Waals surface area contributed by atoms with Crippen molar-refractivity contribution < 1.29 is 18.0 Å². The largest absolute Gasteiger partial charge is 0.417 e. The van der Waals surface area contributed by atoms with Crippen molar-refractivity contribution in [2.24, 2.45) is 5.92 Å². The quantitative estimate of drug-likeness (QED) is 0.704. The van der Waals surface area contributed by atoms with Gasteiger partial charge in [-0.1, -0.05) is 11.6 Å². The number of hydrogen-bond donors (Lipinski definition) is 0. The van der Waals surface area contributed by atoms with Crippen LogP contribution in [-0.4, -0.2) is 35.0 Å². The second-order valence-electron chi connectivity index (χ2n) is 7.30. The number of amides is 1. The molecule has 2 aromatic heterocycles. The molecule has 0 spiro atoms. The molecule has 0 saturated carbocycles. The van der Waals surface area contributed by atoms with Gasteiger partial charge in [0.25, 0.3) is 0 Å². The molecule has 1 saturated heterocycles. The fourth-order valence-corrected chi connectivity index (χ4v) is 3.82. The van der Waals surface area contributed by atoms with Gasteiger partial charge in [0.15, 0.2) is 0 Å². The van der Waals surface area contributed by atoms with Gasteiger partial charge in [-0.15, -0.1) is 0 Å². The van der Waals surface area contributed by atoms with Crippen LogP contribution in [0, 0.1) is 5.92 Å². The second kappa shape index (κ2) is 8.57. The van der Waals surface area contributed by atoms with Crippen LogP contribution in [-0.2, 0) is 11.0 Å². The van der Waals surface area contributed by atoms with Crippen LogP contribution in [0.4, 0.5) is 24.7 Å². The van der Waals surface area contributed by atoms with Crippen molar-refractivity contribution in [2.75, 3.05) is 22.9 Å². The number of hydrogen-bond acceptors (Lipinski definition) is 4. The molecule has 156 valence electrons. The summed E-state index contributed by atoms with van der Waals surface area (Å²) in [4.78, 5) is 24.7. The van der Waals surface area contributed by atoms with E-state index in [9.17, 15) is 18.0 Å². The van der Waals surface area contributed by atoms with Crippen molar-refractivity contribution in [2.45, 2.75) is 38.9 Å². The molecule has 29 heavy (non-hydrogen) atoms. The molecule has 1 aliphatic heterocycles. The summed E-state index contributed by atoms with van der Waals surface area (Å²) in [5.74, 6) is 0.166. The number of carbonyl (C=O) groups excluding carboxylic acids is 1. The third kappa shape index (κ3) is 4.80. The summed E-state index contributed by atoms with van der Waals surface area (Å²) in [6.45, 7) is 4.89. The number of piperidine rings is 1. The Kier molecular flexibility index (Phi) is 6.31. The highest BCUT2D eigenvalue weighted by atomic mass is 35.5. The van der Waals surface area contributed by atoms with Crippen LogP contribution in [0.15, 0.2) is 36.8 Å². The zero-order valence-electron chi connectivity index (χ0n) is 16.2. The first-order valence-electron chi connectivity index (χ1n) is 9.39. The van der Waals surface area contributed by atoms with E-state index in [1.165, 1.54) is 0 Å². The minimum Gasteiger partial charge on any atom is -0.355 e. The van der Waals surface area contributed by atoms with Crippen molar-refractivity contribution in [1.29, 1.82) is 0 Å². The number of halogens is 4. The average molecular weight is 427 g/mol. The van der Waals surface area contributed by atoms with E-state index >= 15 is 0 Å². The van der Waals surface area contributed by atoms with E-state index in [0.29, 0.717) is 31.7 Å². The van der Waals surface area contributed by atoms with Crippen molar-refractivity contribution >= 4 is 29.0 Å². The van der Waals surface area contributed by atoms with Crippen LogP contribution in [0.25, 0.3) is 0 Å². The Morgan fingerprint density at radius 3 is 2.48 bits per heavy atom. The van der Waals surface area contributed by atoms with Crippen molar-refractivity contribution in [1.82, 2.24) is 9.97 Å². The first-order valence-corrected chi connectivity index (χ1v) is 9.77. The summed E-state index contributed by atoms with van der Waals surface area (Å²) >= 11 is 6.05. The predicted molar refractivity (Wildman–Crippen MR) is 106 cm³/mol. The number of aromatic nitrogens is 2. The summed E-state index contributed by atoms with van der Waals surface area (Å²) in [5.41, 5.74) is -0.122. The van der Waals surface area contributed by atoms with Gasteiger partial charge in [-0.05, 0) is 44.9 Å². The molecule has 0 aromatic carbocycles. The summed E-state index contributed by atoms with van der Waals surface area (Å²) in [6.07, 6.45) is 0.774.